The zero-order valence-electron chi connectivity index (χ0n) is 20.0. The summed E-state index contributed by atoms with van der Waals surface area (Å²) in [6.07, 6.45) is 1.85. The lowest BCUT2D eigenvalue weighted by Crippen LogP contribution is -2.30. The van der Waals surface area contributed by atoms with Gasteiger partial charge in [-0.05, 0) is 63.1 Å². The molecule has 3 aromatic rings. The minimum atomic E-state index is -0.219. The van der Waals surface area contributed by atoms with Gasteiger partial charge in [0.15, 0.2) is 5.16 Å². The number of nitrogens with zero attached hydrogens (tertiary/aromatic N) is 3. The number of carbonyl (C=O) groups excluding carboxylic acids is 2. The maximum Gasteiger partial charge on any atom is 0.262 e. The molecule has 1 saturated heterocycles. The number of hydrogen-bond donors (Lipinski definition) is 1. The van der Waals surface area contributed by atoms with E-state index >= 15 is 0 Å². The number of nitrogens with one attached hydrogen (secondary N) is 1. The van der Waals surface area contributed by atoms with Crippen molar-refractivity contribution in [1.82, 2.24) is 14.5 Å². The summed E-state index contributed by atoms with van der Waals surface area (Å²) in [5.41, 5.74) is 1.68. The van der Waals surface area contributed by atoms with Gasteiger partial charge in [0.2, 0.25) is 5.91 Å². The Hall–Kier alpha value is -3.17. The van der Waals surface area contributed by atoms with Gasteiger partial charge in [-0.2, -0.15) is 0 Å². The maximum atomic E-state index is 13.2. The molecule has 1 atom stereocenters. The summed E-state index contributed by atoms with van der Waals surface area (Å²) < 4.78 is 7.36. The van der Waals surface area contributed by atoms with E-state index < -0.39 is 0 Å². The molecule has 0 saturated carbocycles. The number of carbonyl (C=O) groups is 2. The number of para-hydroxylation sites is 1. The maximum absolute atomic E-state index is 13.2. The Balaban J connectivity index is 1.45. The molecule has 4 rings (SSSR count). The van der Waals surface area contributed by atoms with E-state index in [0.29, 0.717) is 53.6 Å². The molecular weight excluding hydrogens is 464 g/mol. The van der Waals surface area contributed by atoms with Gasteiger partial charge in [0, 0.05) is 30.9 Å². The molecule has 1 aromatic heterocycles. The summed E-state index contributed by atoms with van der Waals surface area (Å²) in [7, 11) is 0. The highest BCUT2D eigenvalue weighted by molar-refractivity contribution is 7.99. The Morgan fingerprint density at radius 3 is 2.57 bits per heavy atom. The van der Waals surface area contributed by atoms with Gasteiger partial charge in [0.25, 0.3) is 11.5 Å². The van der Waals surface area contributed by atoms with Crippen LogP contribution in [0.2, 0.25) is 0 Å². The normalized spacial score (nSPS) is 15.3. The number of aromatic nitrogens is 2. The fraction of sp³-hybridized carbons (Fsp3) is 0.385. The largest absolute Gasteiger partial charge is 0.376 e. The highest BCUT2D eigenvalue weighted by Crippen LogP contribution is 2.21. The molecule has 1 aliphatic heterocycles. The monoisotopic (exact) mass is 494 g/mol. The molecule has 1 fully saturated rings. The number of benzene rings is 2. The molecule has 2 aromatic carbocycles. The molecule has 8 nitrogen and oxygen atoms in total. The molecule has 184 valence electrons. The third-order valence-corrected chi connectivity index (χ3v) is 7.01. The molecule has 9 heteroatoms. The van der Waals surface area contributed by atoms with Crippen LogP contribution in [0.4, 0.5) is 5.69 Å². The van der Waals surface area contributed by atoms with Gasteiger partial charge in [-0.3, -0.25) is 19.0 Å². The summed E-state index contributed by atoms with van der Waals surface area (Å²) in [6, 6.07) is 14.1. The molecular formula is C26H30N4O4S. The minimum Gasteiger partial charge on any atom is -0.376 e. The first kappa shape index (κ1) is 24.9. The van der Waals surface area contributed by atoms with Crippen LogP contribution in [-0.4, -0.2) is 57.8 Å². The predicted molar refractivity (Wildman–Crippen MR) is 138 cm³/mol. The Morgan fingerprint density at radius 2 is 1.89 bits per heavy atom. The molecule has 0 aliphatic carbocycles. The lowest BCUT2D eigenvalue weighted by Gasteiger charge is -2.18. The summed E-state index contributed by atoms with van der Waals surface area (Å²) in [5.74, 6) is -0.157. The molecule has 2 heterocycles. The van der Waals surface area contributed by atoms with Gasteiger partial charge >= 0.3 is 0 Å². The van der Waals surface area contributed by atoms with Gasteiger partial charge in [-0.15, -0.1) is 0 Å². The highest BCUT2D eigenvalue weighted by atomic mass is 32.2. The zero-order valence-corrected chi connectivity index (χ0v) is 20.8. The zero-order chi connectivity index (χ0) is 24.8. The third kappa shape index (κ3) is 5.91. The average molecular weight is 495 g/mol. The molecule has 0 radical (unpaired) electrons. The predicted octanol–water partition coefficient (Wildman–Crippen LogP) is 3.79. The van der Waals surface area contributed by atoms with Crippen molar-refractivity contribution < 1.29 is 14.3 Å². The van der Waals surface area contributed by atoms with Crippen molar-refractivity contribution >= 4 is 40.2 Å². The van der Waals surface area contributed by atoms with Crippen LogP contribution in [0.25, 0.3) is 10.9 Å². The first-order chi connectivity index (χ1) is 17.0. The van der Waals surface area contributed by atoms with E-state index in [1.165, 1.54) is 11.8 Å². The first-order valence-corrected chi connectivity index (χ1v) is 12.9. The van der Waals surface area contributed by atoms with Crippen LogP contribution in [0.5, 0.6) is 0 Å². The Kier molecular flexibility index (Phi) is 8.20. The molecule has 35 heavy (non-hydrogen) atoms. The number of hydrogen-bond acceptors (Lipinski definition) is 6. The summed E-state index contributed by atoms with van der Waals surface area (Å²) in [6.45, 7) is 6.29. The van der Waals surface area contributed by atoms with Crippen LogP contribution in [0.3, 0.4) is 0 Å². The standard InChI is InChI=1S/C26H30N4O4S/c1-3-29(4-2)24(32)18-11-13-19(14-12-18)27-23(31)17-35-26-28-22-10-6-5-9-21(22)25(33)30(26)16-20-8-7-15-34-20/h5-6,9-14,20H,3-4,7-8,15-17H2,1-2H3,(H,27,31)/t20-/m1/s1. The number of fused-ring (bicyclic) bond motifs is 1. The van der Waals surface area contributed by atoms with E-state index in [4.69, 9.17) is 4.74 Å². The molecule has 0 unspecified atom stereocenters. The van der Waals surface area contributed by atoms with Gasteiger partial charge < -0.3 is 15.0 Å². The van der Waals surface area contributed by atoms with E-state index in [9.17, 15) is 14.4 Å². The molecule has 1 N–H and O–H groups in total. The van der Waals surface area contributed by atoms with Crippen LogP contribution in [0.15, 0.2) is 58.5 Å². The van der Waals surface area contributed by atoms with Gasteiger partial charge in [-0.1, -0.05) is 23.9 Å². The van der Waals surface area contributed by atoms with Crippen molar-refractivity contribution in [1.29, 1.82) is 0 Å². The number of ether oxygens (including phenoxy) is 1. The van der Waals surface area contributed by atoms with E-state index in [1.54, 1.807) is 45.9 Å². The van der Waals surface area contributed by atoms with Crippen molar-refractivity contribution in [2.75, 3.05) is 30.8 Å². The van der Waals surface area contributed by atoms with E-state index in [0.717, 1.165) is 12.8 Å². The van der Waals surface area contributed by atoms with Crippen molar-refractivity contribution in [2.24, 2.45) is 0 Å². The van der Waals surface area contributed by atoms with Crippen LogP contribution in [0, 0.1) is 0 Å². The molecule has 0 bridgehead atoms. The number of rotatable bonds is 9. The van der Waals surface area contributed by atoms with E-state index in [-0.39, 0.29) is 29.2 Å². The lowest BCUT2D eigenvalue weighted by atomic mass is 10.2. The highest BCUT2D eigenvalue weighted by Gasteiger charge is 2.21. The second-order valence-corrected chi connectivity index (χ2v) is 9.30. The summed E-state index contributed by atoms with van der Waals surface area (Å²) in [5, 5.41) is 3.91. The molecule has 2 amide bonds. The number of amides is 2. The Morgan fingerprint density at radius 1 is 1.14 bits per heavy atom. The smallest absolute Gasteiger partial charge is 0.262 e. The topological polar surface area (TPSA) is 93.5 Å². The van der Waals surface area contributed by atoms with Gasteiger partial charge in [0.05, 0.1) is 29.3 Å². The van der Waals surface area contributed by atoms with Gasteiger partial charge in [-0.25, -0.2) is 4.98 Å². The Labute approximate surface area is 208 Å². The molecule has 0 spiro atoms. The van der Waals surface area contributed by atoms with E-state index in [1.807, 2.05) is 26.0 Å². The first-order valence-electron chi connectivity index (χ1n) is 11.9. The molecule has 1 aliphatic rings. The average Bonchev–Trinajstić information content (AvgIpc) is 3.39. The van der Waals surface area contributed by atoms with Crippen LogP contribution >= 0.6 is 11.8 Å². The van der Waals surface area contributed by atoms with Crippen molar-refractivity contribution in [3.8, 4) is 0 Å². The van der Waals surface area contributed by atoms with Crippen LogP contribution < -0.4 is 10.9 Å². The summed E-state index contributed by atoms with van der Waals surface area (Å²) >= 11 is 1.23. The quantitative estimate of drug-likeness (QED) is 0.359. The fourth-order valence-corrected chi connectivity index (χ4v) is 4.94. The summed E-state index contributed by atoms with van der Waals surface area (Å²) in [4.78, 5) is 44.7. The third-order valence-electron chi connectivity index (χ3n) is 6.04. The fourth-order valence-electron chi connectivity index (χ4n) is 4.13. The van der Waals surface area contributed by atoms with Crippen molar-refractivity contribution in [2.45, 2.75) is 44.5 Å². The van der Waals surface area contributed by atoms with E-state index in [2.05, 4.69) is 10.3 Å². The van der Waals surface area contributed by atoms with Gasteiger partial charge in [0.1, 0.15) is 0 Å². The minimum absolute atomic E-state index is 0.0265. The van der Waals surface area contributed by atoms with Crippen molar-refractivity contribution in [3.63, 3.8) is 0 Å². The van der Waals surface area contributed by atoms with Crippen LogP contribution in [-0.2, 0) is 16.1 Å². The second kappa shape index (κ2) is 11.5. The Bertz CT molecular complexity index is 1250. The number of anilines is 1. The van der Waals surface area contributed by atoms with Crippen molar-refractivity contribution in [3.05, 3.63) is 64.4 Å². The lowest BCUT2D eigenvalue weighted by molar-refractivity contribution is -0.113. The second-order valence-electron chi connectivity index (χ2n) is 8.35. The SMILES string of the molecule is CCN(CC)C(=O)c1ccc(NC(=O)CSc2nc3ccccc3c(=O)n2C[C@H]2CCCO2)cc1. The van der Waals surface area contributed by atoms with Crippen LogP contribution in [0.1, 0.15) is 37.0 Å². The number of thioether (sulfide) groups is 1.